The number of carbonyl (C=O) groups excluding carboxylic acids is 1. The largest absolute Gasteiger partial charge is 0.383 e. The van der Waals surface area contributed by atoms with Crippen molar-refractivity contribution >= 4 is 16.0 Å². The third kappa shape index (κ3) is 11.3. The second-order valence-electron chi connectivity index (χ2n) is 7.11. The van der Waals surface area contributed by atoms with Gasteiger partial charge in [-0.3, -0.25) is 4.79 Å². The van der Waals surface area contributed by atoms with Crippen LogP contribution in [0.5, 0.6) is 5.75 Å². The molecule has 6 nitrogen and oxygen atoms in total. The van der Waals surface area contributed by atoms with E-state index < -0.39 is 10.1 Å². The molecular formula is C21H35NO5S. The molecule has 1 rings (SSSR count). The fourth-order valence-corrected chi connectivity index (χ4v) is 3.43. The predicted octanol–water partition coefficient (Wildman–Crippen LogP) is 4.14. The van der Waals surface area contributed by atoms with Gasteiger partial charge in [0, 0.05) is 26.6 Å². The molecule has 0 saturated heterocycles. The average Bonchev–Trinajstić information content (AvgIpc) is 2.63. The molecule has 28 heavy (non-hydrogen) atoms. The molecule has 0 spiro atoms. The molecular weight excluding hydrogens is 378 g/mol. The highest BCUT2D eigenvalue weighted by atomic mass is 32.2. The molecule has 0 aromatic heterocycles. The van der Waals surface area contributed by atoms with Crippen molar-refractivity contribution in [1.29, 1.82) is 0 Å². The quantitative estimate of drug-likeness (QED) is 0.319. The topological polar surface area (TPSA) is 72.9 Å². The van der Waals surface area contributed by atoms with Crippen LogP contribution in [0.4, 0.5) is 0 Å². The first kappa shape index (κ1) is 24.4. The van der Waals surface area contributed by atoms with Crippen LogP contribution in [-0.4, -0.2) is 45.7 Å². The zero-order chi connectivity index (χ0) is 20.8. The zero-order valence-corrected chi connectivity index (χ0v) is 18.3. The normalized spacial score (nSPS) is 11.4. The molecule has 0 fully saturated rings. The summed E-state index contributed by atoms with van der Waals surface area (Å²) < 4.78 is 32.7. The van der Waals surface area contributed by atoms with Crippen LogP contribution in [0.3, 0.4) is 0 Å². The molecule has 1 amide bonds. The van der Waals surface area contributed by atoms with Crippen molar-refractivity contribution < 1.29 is 22.1 Å². The van der Waals surface area contributed by atoms with Crippen molar-refractivity contribution in [3.8, 4) is 5.75 Å². The molecule has 0 N–H and O–H groups in total. The number of unbranched alkanes of at least 4 members (excludes halogenated alkanes) is 6. The third-order valence-corrected chi connectivity index (χ3v) is 4.93. The molecule has 0 saturated carbocycles. The standard InChI is InChI=1S/C21H35NO5S/c1-4-5-6-7-8-9-10-14-21(23)22(15-16-26-2)18-19-12-11-13-20(17-19)27-28(3,24)25/h11-13,17H,4-10,14-16,18H2,1-3H3. The van der Waals surface area contributed by atoms with E-state index in [-0.39, 0.29) is 11.7 Å². The molecule has 0 aliphatic carbocycles. The van der Waals surface area contributed by atoms with Gasteiger partial charge in [-0.1, -0.05) is 57.6 Å². The number of benzene rings is 1. The van der Waals surface area contributed by atoms with Gasteiger partial charge in [0.15, 0.2) is 0 Å². The molecule has 0 radical (unpaired) electrons. The Bertz CT molecular complexity index is 675. The second-order valence-corrected chi connectivity index (χ2v) is 8.69. The lowest BCUT2D eigenvalue weighted by molar-refractivity contribution is -0.132. The molecule has 7 heteroatoms. The Balaban J connectivity index is 2.57. The number of nitrogens with zero attached hydrogens (tertiary/aromatic N) is 1. The second kappa shape index (κ2) is 13.6. The maximum absolute atomic E-state index is 12.6. The lowest BCUT2D eigenvalue weighted by atomic mass is 10.1. The van der Waals surface area contributed by atoms with E-state index in [0.717, 1.165) is 24.7 Å². The number of amides is 1. The number of methoxy groups -OCH3 is 1. The first-order chi connectivity index (χ1) is 13.4. The summed E-state index contributed by atoms with van der Waals surface area (Å²) in [5.74, 6) is 0.353. The van der Waals surface area contributed by atoms with Gasteiger partial charge < -0.3 is 13.8 Å². The van der Waals surface area contributed by atoms with Crippen LogP contribution in [0, 0.1) is 0 Å². The van der Waals surface area contributed by atoms with Crippen molar-refractivity contribution in [3.05, 3.63) is 29.8 Å². The highest BCUT2D eigenvalue weighted by Gasteiger charge is 2.14. The lowest BCUT2D eigenvalue weighted by Gasteiger charge is -2.23. The Hall–Kier alpha value is -1.60. The van der Waals surface area contributed by atoms with E-state index in [1.165, 1.54) is 32.1 Å². The molecule has 0 heterocycles. The van der Waals surface area contributed by atoms with Crippen molar-refractivity contribution in [1.82, 2.24) is 4.90 Å². The summed E-state index contributed by atoms with van der Waals surface area (Å²) in [5, 5.41) is 0. The molecule has 0 bridgehead atoms. The zero-order valence-electron chi connectivity index (χ0n) is 17.5. The van der Waals surface area contributed by atoms with Gasteiger partial charge in [0.2, 0.25) is 5.91 Å². The minimum absolute atomic E-state index is 0.0973. The fourth-order valence-electron chi connectivity index (χ4n) is 2.98. The van der Waals surface area contributed by atoms with Gasteiger partial charge in [-0.15, -0.1) is 0 Å². The Morgan fingerprint density at radius 3 is 2.39 bits per heavy atom. The van der Waals surface area contributed by atoms with Crippen molar-refractivity contribution in [3.63, 3.8) is 0 Å². The van der Waals surface area contributed by atoms with E-state index in [4.69, 9.17) is 8.92 Å². The summed E-state index contributed by atoms with van der Waals surface area (Å²) in [7, 11) is -1.97. The number of rotatable bonds is 15. The lowest BCUT2D eigenvalue weighted by Crippen LogP contribution is -2.33. The maximum Gasteiger partial charge on any atom is 0.306 e. The Kier molecular flexibility index (Phi) is 11.8. The highest BCUT2D eigenvalue weighted by Crippen LogP contribution is 2.17. The highest BCUT2D eigenvalue weighted by molar-refractivity contribution is 7.86. The number of hydrogen-bond acceptors (Lipinski definition) is 5. The SMILES string of the molecule is CCCCCCCCCC(=O)N(CCOC)Cc1cccc(OS(C)(=O)=O)c1. The third-order valence-electron chi connectivity index (χ3n) is 4.43. The molecule has 160 valence electrons. The minimum atomic E-state index is -3.58. The van der Waals surface area contributed by atoms with Gasteiger partial charge in [-0.2, -0.15) is 8.42 Å². The van der Waals surface area contributed by atoms with E-state index in [0.29, 0.717) is 26.1 Å². The Labute approximate surface area is 170 Å². The molecule has 1 aromatic carbocycles. The fraction of sp³-hybridized carbons (Fsp3) is 0.667. The Morgan fingerprint density at radius 2 is 1.75 bits per heavy atom. The van der Waals surface area contributed by atoms with E-state index in [1.54, 1.807) is 30.2 Å². The van der Waals surface area contributed by atoms with Gasteiger partial charge >= 0.3 is 10.1 Å². The van der Waals surface area contributed by atoms with Crippen LogP contribution in [0.25, 0.3) is 0 Å². The van der Waals surface area contributed by atoms with Crippen LogP contribution >= 0.6 is 0 Å². The summed E-state index contributed by atoms with van der Waals surface area (Å²) in [6.07, 6.45) is 9.72. The van der Waals surface area contributed by atoms with Crippen LogP contribution in [-0.2, 0) is 26.2 Å². The van der Waals surface area contributed by atoms with Crippen LogP contribution in [0.15, 0.2) is 24.3 Å². The van der Waals surface area contributed by atoms with Crippen LogP contribution in [0.1, 0.15) is 63.9 Å². The summed E-state index contributed by atoms with van der Waals surface area (Å²) in [6, 6.07) is 6.83. The van der Waals surface area contributed by atoms with Gasteiger partial charge in [0.05, 0.1) is 12.9 Å². The summed E-state index contributed by atoms with van der Waals surface area (Å²) in [6.45, 7) is 3.57. The molecule has 0 aliphatic heterocycles. The first-order valence-electron chi connectivity index (χ1n) is 10.1. The van der Waals surface area contributed by atoms with Crippen LogP contribution in [0.2, 0.25) is 0 Å². The van der Waals surface area contributed by atoms with Gasteiger partial charge in [0.25, 0.3) is 0 Å². The molecule has 0 atom stereocenters. The molecule has 0 aliphatic rings. The van der Waals surface area contributed by atoms with Crippen molar-refractivity contribution in [2.24, 2.45) is 0 Å². The van der Waals surface area contributed by atoms with Crippen LogP contribution < -0.4 is 4.18 Å². The van der Waals surface area contributed by atoms with Gasteiger partial charge in [-0.25, -0.2) is 0 Å². The molecule has 0 unspecified atom stereocenters. The smallest absolute Gasteiger partial charge is 0.306 e. The molecule has 1 aromatic rings. The van der Waals surface area contributed by atoms with E-state index >= 15 is 0 Å². The average molecular weight is 414 g/mol. The van der Waals surface area contributed by atoms with E-state index in [9.17, 15) is 13.2 Å². The van der Waals surface area contributed by atoms with E-state index in [2.05, 4.69) is 6.92 Å². The van der Waals surface area contributed by atoms with Crippen molar-refractivity contribution in [2.75, 3.05) is 26.5 Å². The van der Waals surface area contributed by atoms with Gasteiger partial charge in [-0.05, 0) is 24.1 Å². The summed E-state index contributed by atoms with van der Waals surface area (Å²) in [4.78, 5) is 14.4. The first-order valence-corrected chi connectivity index (χ1v) is 11.9. The number of ether oxygens (including phenoxy) is 1. The van der Waals surface area contributed by atoms with Crippen molar-refractivity contribution in [2.45, 2.75) is 64.8 Å². The number of hydrogen-bond donors (Lipinski definition) is 0. The monoisotopic (exact) mass is 413 g/mol. The minimum Gasteiger partial charge on any atom is -0.383 e. The summed E-state index contributed by atoms with van der Waals surface area (Å²) >= 11 is 0. The summed E-state index contributed by atoms with van der Waals surface area (Å²) in [5.41, 5.74) is 0.824. The van der Waals surface area contributed by atoms with E-state index in [1.807, 2.05) is 6.07 Å². The Morgan fingerprint density at radius 1 is 1.07 bits per heavy atom. The predicted molar refractivity (Wildman–Crippen MR) is 112 cm³/mol. The maximum atomic E-state index is 12.6. The number of carbonyl (C=O) groups is 1. The van der Waals surface area contributed by atoms with Gasteiger partial charge in [0.1, 0.15) is 5.75 Å².